The van der Waals surface area contributed by atoms with Gasteiger partial charge in [0.05, 0.1) is 7.11 Å². The lowest BCUT2D eigenvalue weighted by Crippen LogP contribution is -2.03. The molecule has 0 bridgehead atoms. The maximum Gasteiger partial charge on any atom is 0.336 e. The molecule has 0 unspecified atom stereocenters. The van der Waals surface area contributed by atoms with Crippen LogP contribution in [0.25, 0.3) is 6.08 Å². The Morgan fingerprint density at radius 3 is 2.76 bits per heavy atom. The third-order valence-electron chi connectivity index (χ3n) is 2.61. The molecule has 108 valence electrons. The molecule has 0 amide bonds. The van der Waals surface area contributed by atoms with E-state index in [1.165, 1.54) is 6.08 Å². The van der Waals surface area contributed by atoms with Gasteiger partial charge in [0.2, 0.25) is 0 Å². The predicted molar refractivity (Wildman–Crippen MR) is 86.8 cm³/mol. The van der Waals surface area contributed by atoms with Crippen LogP contribution in [0.4, 0.5) is 0 Å². The second kappa shape index (κ2) is 7.29. The van der Waals surface area contributed by atoms with E-state index in [2.05, 4.69) is 15.9 Å². The maximum atomic E-state index is 11.8. The topological polar surface area (TPSA) is 35.5 Å². The molecule has 0 saturated heterocycles. The fourth-order valence-corrected chi connectivity index (χ4v) is 2.23. The van der Waals surface area contributed by atoms with E-state index in [9.17, 15) is 4.79 Å². The minimum absolute atomic E-state index is 0.401. The summed E-state index contributed by atoms with van der Waals surface area (Å²) in [6, 6.07) is 12.2. The van der Waals surface area contributed by atoms with Crippen molar-refractivity contribution in [1.29, 1.82) is 0 Å². The van der Waals surface area contributed by atoms with Crippen molar-refractivity contribution in [1.82, 2.24) is 0 Å². The first kappa shape index (κ1) is 15.6. The first-order chi connectivity index (χ1) is 10.1. The molecule has 0 radical (unpaired) electrons. The van der Waals surface area contributed by atoms with Crippen LogP contribution in [0.1, 0.15) is 5.56 Å². The average molecular weight is 368 g/mol. The Labute approximate surface area is 136 Å². The minimum Gasteiger partial charge on any atom is -0.496 e. The molecule has 0 aromatic heterocycles. The summed E-state index contributed by atoms with van der Waals surface area (Å²) < 4.78 is 11.3. The molecule has 0 aliphatic heterocycles. The number of methoxy groups -OCH3 is 1. The fourth-order valence-electron chi connectivity index (χ4n) is 1.67. The average Bonchev–Trinajstić information content (AvgIpc) is 2.45. The van der Waals surface area contributed by atoms with Crippen LogP contribution in [-0.4, -0.2) is 13.1 Å². The zero-order valence-electron chi connectivity index (χ0n) is 11.2. The molecule has 0 heterocycles. The van der Waals surface area contributed by atoms with Crippen LogP contribution in [0.15, 0.2) is 53.0 Å². The van der Waals surface area contributed by atoms with Gasteiger partial charge in [-0.05, 0) is 42.5 Å². The molecule has 2 aromatic rings. The molecule has 21 heavy (non-hydrogen) atoms. The van der Waals surface area contributed by atoms with Crippen molar-refractivity contribution in [3.05, 3.63) is 63.6 Å². The lowest BCUT2D eigenvalue weighted by atomic mass is 10.2. The highest BCUT2D eigenvalue weighted by Gasteiger charge is 2.04. The number of hydrogen-bond donors (Lipinski definition) is 0. The van der Waals surface area contributed by atoms with E-state index in [1.807, 2.05) is 18.2 Å². The van der Waals surface area contributed by atoms with Crippen molar-refractivity contribution < 1.29 is 14.3 Å². The van der Waals surface area contributed by atoms with Crippen LogP contribution in [0.2, 0.25) is 5.02 Å². The number of carbonyl (C=O) groups is 1. The highest BCUT2D eigenvalue weighted by molar-refractivity contribution is 9.10. The van der Waals surface area contributed by atoms with Crippen molar-refractivity contribution >= 4 is 39.6 Å². The van der Waals surface area contributed by atoms with Gasteiger partial charge in [-0.2, -0.15) is 0 Å². The molecule has 2 aromatic carbocycles. The molecule has 0 saturated carbocycles. The summed E-state index contributed by atoms with van der Waals surface area (Å²) in [5.74, 6) is 0.586. The Balaban J connectivity index is 2.10. The molecule has 0 N–H and O–H groups in total. The largest absolute Gasteiger partial charge is 0.496 e. The number of rotatable bonds is 4. The third-order valence-corrected chi connectivity index (χ3v) is 3.33. The molecule has 0 spiro atoms. The van der Waals surface area contributed by atoms with Gasteiger partial charge in [-0.15, -0.1) is 0 Å². The first-order valence-corrected chi connectivity index (χ1v) is 7.24. The maximum absolute atomic E-state index is 11.8. The summed E-state index contributed by atoms with van der Waals surface area (Å²) in [5, 5.41) is 0.512. The number of ether oxygens (including phenoxy) is 2. The van der Waals surface area contributed by atoms with Gasteiger partial charge in [0.1, 0.15) is 11.5 Å². The van der Waals surface area contributed by atoms with Crippen molar-refractivity contribution in [3.63, 3.8) is 0 Å². The number of carbonyl (C=O) groups excluding carboxylic acids is 1. The van der Waals surface area contributed by atoms with Crippen molar-refractivity contribution in [2.24, 2.45) is 0 Å². The summed E-state index contributed by atoms with van der Waals surface area (Å²) in [4.78, 5) is 11.8. The van der Waals surface area contributed by atoms with Gasteiger partial charge in [-0.1, -0.05) is 33.6 Å². The fraction of sp³-hybridized carbons (Fsp3) is 0.0625. The Morgan fingerprint density at radius 2 is 2.05 bits per heavy atom. The molecule has 5 heteroatoms. The Bertz CT molecular complexity index is 683. The van der Waals surface area contributed by atoms with Crippen LogP contribution in [0, 0.1) is 0 Å². The SMILES string of the molecule is COc1ccc(Br)cc1/C=C/C(=O)Oc1cccc(Cl)c1. The van der Waals surface area contributed by atoms with Gasteiger partial charge in [0.25, 0.3) is 0 Å². The summed E-state index contributed by atoms with van der Waals surface area (Å²) >= 11 is 9.20. The number of benzene rings is 2. The molecule has 0 atom stereocenters. The Kier molecular flexibility index (Phi) is 5.42. The van der Waals surface area contributed by atoms with Gasteiger partial charge in [0.15, 0.2) is 0 Å². The molecular formula is C16H12BrClO3. The van der Waals surface area contributed by atoms with E-state index >= 15 is 0 Å². The van der Waals surface area contributed by atoms with E-state index in [1.54, 1.807) is 37.5 Å². The third kappa shape index (κ3) is 4.62. The molecule has 2 rings (SSSR count). The number of halogens is 2. The molecule has 3 nitrogen and oxygen atoms in total. The second-order valence-electron chi connectivity index (χ2n) is 4.10. The van der Waals surface area contributed by atoms with Gasteiger partial charge < -0.3 is 9.47 Å². The molecular weight excluding hydrogens is 356 g/mol. The van der Waals surface area contributed by atoms with Gasteiger partial charge in [-0.3, -0.25) is 0 Å². The van der Waals surface area contributed by atoms with Crippen molar-refractivity contribution in [2.75, 3.05) is 7.11 Å². The zero-order valence-corrected chi connectivity index (χ0v) is 13.5. The normalized spacial score (nSPS) is 10.6. The summed E-state index contributed by atoms with van der Waals surface area (Å²) in [7, 11) is 1.57. The molecule has 0 fully saturated rings. The van der Waals surface area contributed by atoms with E-state index in [-0.39, 0.29) is 0 Å². The van der Waals surface area contributed by atoms with E-state index in [4.69, 9.17) is 21.1 Å². The second-order valence-corrected chi connectivity index (χ2v) is 5.45. The summed E-state index contributed by atoms with van der Waals surface area (Å²) in [6.45, 7) is 0. The monoisotopic (exact) mass is 366 g/mol. The zero-order chi connectivity index (χ0) is 15.2. The van der Waals surface area contributed by atoms with Crippen LogP contribution < -0.4 is 9.47 Å². The Morgan fingerprint density at radius 1 is 1.24 bits per heavy atom. The minimum atomic E-state index is -0.487. The highest BCUT2D eigenvalue weighted by Crippen LogP contribution is 2.24. The summed E-state index contributed by atoms with van der Waals surface area (Å²) in [6.07, 6.45) is 2.97. The molecule has 0 aliphatic carbocycles. The summed E-state index contributed by atoms with van der Waals surface area (Å²) in [5.41, 5.74) is 0.773. The van der Waals surface area contributed by atoms with Gasteiger partial charge in [0, 0.05) is 21.1 Å². The lowest BCUT2D eigenvalue weighted by molar-refractivity contribution is -0.128. The Hall–Kier alpha value is -1.78. The number of esters is 1. The standard InChI is InChI=1S/C16H12BrClO3/c1-20-15-7-6-12(17)9-11(15)5-8-16(19)21-14-4-2-3-13(18)10-14/h2-10H,1H3/b8-5+. The van der Waals surface area contributed by atoms with Crippen LogP contribution in [-0.2, 0) is 4.79 Å². The number of hydrogen-bond acceptors (Lipinski definition) is 3. The van der Waals surface area contributed by atoms with Crippen molar-refractivity contribution in [3.8, 4) is 11.5 Å². The van der Waals surface area contributed by atoms with Crippen LogP contribution >= 0.6 is 27.5 Å². The van der Waals surface area contributed by atoms with E-state index in [0.717, 1.165) is 10.0 Å². The molecule has 0 aliphatic rings. The lowest BCUT2D eigenvalue weighted by Gasteiger charge is -2.05. The van der Waals surface area contributed by atoms with Crippen LogP contribution in [0.5, 0.6) is 11.5 Å². The van der Waals surface area contributed by atoms with E-state index in [0.29, 0.717) is 16.5 Å². The van der Waals surface area contributed by atoms with Gasteiger partial charge >= 0.3 is 5.97 Å². The highest BCUT2D eigenvalue weighted by atomic mass is 79.9. The van der Waals surface area contributed by atoms with Crippen LogP contribution in [0.3, 0.4) is 0 Å². The van der Waals surface area contributed by atoms with Gasteiger partial charge in [-0.25, -0.2) is 4.79 Å². The first-order valence-electron chi connectivity index (χ1n) is 6.07. The van der Waals surface area contributed by atoms with Crippen molar-refractivity contribution in [2.45, 2.75) is 0 Å². The predicted octanol–water partition coefficient (Wildman–Crippen LogP) is 4.73. The van der Waals surface area contributed by atoms with E-state index < -0.39 is 5.97 Å². The quantitative estimate of drug-likeness (QED) is 0.445. The smallest absolute Gasteiger partial charge is 0.336 e.